The highest BCUT2D eigenvalue weighted by Gasteiger charge is 2.35. The number of methoxy groups -OCH3 is 1. The van der Waals surface area contributed by atoms with Crippen LogP contribution in [0.25, 0.3) is 0 Å². The molecule has 1 aliphatic carbocycles. The second kappa shape index (κ2) is 15.0. The zero-order valence-corrected chi connectivity index (χ0v) is 26.0. The number of ether oxygens (including phenoxy) is 1. The molecule has 1 N–H and O–H groups in total. The molecular formula is C32H37FN4O7S. The van der Waals surface area contributed by atoms with Gasteiger partial charge in [-0.25, -0.2) is 12.8 Å². The Morgan fingerprint density at radius 2 is 1.71 bits per heavy atom. The molecule has 0 heterocycles. The number of nitro benzene ring substituents is 1. The smallest absolute Gasteiger partial charge is 0.271 e. The third kappa shape index (κ3) is 8.78. The van der Waals surface area contributed by atoms with Crippen molar-refractivity contribution in [1.29, 1.82) is 0 Å². The molecular weight excluding hydrogens is 603 g/mol. The summed E-state index contributed by atoms with van der Waals surface area (Å²) in [6.07, 6.45) is 5.51. The maximum absolute atomic E-state index is 15.0. The van der Waals surface area contributed by atoms with Gasteiger partial charge < -0.3 is 15.0 Å². The lowest BCUT2D eigenvalue weighted by atomic mass is 9.94. The van der Waals surface area contributed by atoms with Crippen LogP contribution in [0.5, 0.6) is 5.75 Å². The van der Waals surface area contributed by atoms with Gasteiger partial charge in [-0.2, -0.15) is 0 Å². The van der Waals surface area contributed by atoms with E-state index < -0.39 is 50.9 Å². The van der Waals surface area contributed by atoms with Gasteiger partial charge in [-0.05, 0) is 30.5 Å². The summed E-state index contributed by atoms with van der Waals surface area (Å²) in [5, 5.41) is 14.6. The summed E-state index contributed by atoms with van der Waals surface area (Å²) >= 11 is 0. The van der Waals surface area contributed by atoms with Crippen LogP contribution < -0.4 is 14.4 Å². The van der Waals surface area contributed by atoms with Crippen LogP contribution in [0.1, 0.15) is 43.2 Å². The lowest BCUT2D eigenvalue weighted by molar-refractivity contribution is -0.384. The minimum atomic E-state index is -4.22. The van der Waals surface area contributed by atoms with Crippen molar-refractivity contribution in [2.75, 3.05) is 24.2 Å². The molecule has 1 aliphatic rings. The van der Waals surface area contributed by atoms with E-state index in [0.717, 1.165) is 56.1 Å². The van der Waals surface area contributed by atoms with E-state index in [2.05, 4.69) is 5.32 Å². The topological polar surface area (TPSA) is 139 Å². The van der Waals surface area contributed by atoms with Gasteiger partial charge in [-0.15, -0.1) is 0 Å². The van der Waals surface area contributed by atoms with E-state index in [1.807, 2.05) is 18.2 Å². The van der Waals surface area contributed by atoms with Crippen molar-refractivity contribution < 1.29 is 32.1 Å². The van der Waals surface area contributed by atoms with Gasteiger partial charge in [-0.3, -0.25) is 24.0 Å². The Bertz CT molecular complexity index is 1610. The first-order valence-electron chi connectivity index (χ1n) is 14.6. The first kappa shape index (κ1) is 33.4. The number of rotatable bonds is 13. The molecule has 0 aliphatic heterocycles. The van der Waals surface area contributed by atoms with Gasteiger partial charge >= 0.3 is 0 Å². The summed E-state index contributed by atoms with van der Waals surface area (Å²) < 4.78 is 47.2. The quantitative estimate of drug-likeness (QED) is 0.213. The summed E-state index contributed by atoms with van der Waals surface area (Å²) in [5.41, 5.74) is 0.241. The van der Waals surface area contributed by atoms with Crippen LogP contribution in [0.15, 0.2) is 72.8 Å². The SMILES string of the molecule is COc1ccc([N+](=O)[O-])cc1N(CC(=O)N(Cc1ccccc1F)[C@H](Cc1ccccc1)C(=O)NC1CCCCC1)S(C)(=O)=O. The van der Waals surface area contributed by atoms with Gasteiger partial charge in [0.15, 0.2) is 0 Å². The Labute approximate surface area is 262 Å². The standard InChI is InChI=1S/C32H37FN4O7S/c1-44-30-18-17-26(37(40)41)20-28(30)36(45(2,42)43)22-31(38)35(21-24-13-9-10-16-27(24)33)29(19-23-11-5-3-6-12-23)32(39)34-25-14-7-4-8-15-25/h3,5-6,9-13,16-18,20,25,29H,4,7-8,14-15,19,21-22H2,1-2H3,(H,34,39)/t29-/m1/s1. The second-order valence-corrected chi connectivity index (χ2v) is 13.0. The fourth-order valence-electron chi connectivity index (χ4n) is 5.49. The number of nitro groups is 1. The van der Waals surface area contributed by atoms with Crippen LogP contribution in [-0.2, 0) is 32.6 Å². The number of nitrogens with one attached hydrogen (secondary N) is 1. The minimum Gasteiger partial charge on any atom is -0.495 e. The molecule has 1 atom stereocenters. The van der Waals surface area contributed by atoms with Crippen LogP contribution in [0.3, 0.4) is 0 Å². The number of benzene rings is 3. The van der Waals surface area contributed by atoms with Crippen LogP contribution in [-0.4, -0.2) is 62.0 Å². The number of hydrogen-bond acceptors (Lipinski definition) is 7. The summed E-state index contributed by atoms with van der Waals surface area (Å²) in [6, 6.07) is 17.1. The Balaban J connectivity index is 1.78. The number of halogens is 1. The molecule has 0 bridgehead atoms. The fraction of sp³-hybridized carbons (Fsp3) is 0.375. The normalized spacial score (nSPS) is 14.3. The zero-order valence-electron chi connectivity index (χ0n) is 25.2. The minimum absolute atomic E-state index is 0.0182. The predicted molar refractivity (Wildman–Crippen MR) is 168 cm³/mol. The van der Waals surface area contributed by atoms with E-state index >= 15 is 0 Å². The average molecular weight is 641 g/mol. The predicted octanol–water partition coefficient (Wildman–Crippen LogP) is 4.60. The highest BCUT2D eigenvalue weighted by molar-refractivity contribution is 7.92. The number of non-ortho nitro benzene ring substituents is 1. The van der Waals surface area contributed by atoms with Crippen molar-refractivity contribution in [2.45, 2.75) is 57.2 Å². The molecule has 3 aromatic carbocycles. The van der Waals surface area contributed by atoms with Crippen LogP contribution in [0, 0.1) is 15.9 Å². The van der Waals surface area contributed by atoms with Gasteiger partial charge in [0.05, 0.1) is 18.3 Å². The number of sulfonamides is 1. The van der Waals surface area contributed by atoms with Crippen LogP contribution in [0.4, 0.5) is 15.8 Å². The second-order valence-electron chi connectivity index (χ2n) is 11.0. The van der Waals surface area contributed by atoms with E-state index in [1.54, 1.807) is 18.2 Å². The summed E-state index contributed by atoms with van der Waals surface area (Å²) in [6.45, 7) is -1.16. The molecule has 0 spiro atoms. The van der Waals surface area contributed by atoms with E-state index in [-0.39, 0.29) is 36.0 Å². The zero-order chi connectivity index (χ0) is 32.6. The molecule has 1 saturated carbocycles. The molecule has 0 aromatic heterocycles. The van der Waals surface area contributed by atoms with Crippen LogP contribution in [0.2, 0.25) is 0 Å². The third-order valence-electron chi connectivity index (χ3n) is 7.84. The Hall–Kier alpha value is -4.52. The molecule has 0 saturated heterocycles. The van der Waals surface area contributed by atoms with Gasteiger partial charge in [0.1, 0.15) is 29.8 Å². The van der Waals surface area contributed by atoms with Crippen molar-refractivity contribution in [2.24, 2.45) is 0 Å². The van der Waals surface area contributed by atoms with Gasteiger partial charge in [-0.1, -0.05) is 67.8 Å². The van der Waals surface area contributed by atoms with E-state index in [9.17, 15) is 32.5 Å². The molecule has 4 rings (SSSR count). The molecule has 2 amide bonds. The maximum Gasteiger partial charge on any atom is 0.271 e. The monoisotopic (exact) mass is 640 g/mol. The highest BCUT2D eigenvalue weighted by Crippen LogP contribution is 2.34. The Kier molecular flexibility index (Phi) is 11.1. The molecule has 11 nitrogen and oxygen atoms in total. The molecule has 3 aromatic rings. The molecule has 13 heteroatoms. The average Bonchev–Trinajstić information content (AvgIpc) is 3.02. The molecule has 0 unspecified atom stereocenters. The summed E-state index contributed by atoms with van der Waals surface area (Å²) in [7, 11) is -2.95. The highest BCUT2D eigenvalue weighted by atomic mass is 32.2. The number of amides is 2. The Morgan fingerprint density at radius 3 is 2.33 bits per heavy atom. The first-order valence-corrected chi connectivity index (χ1v) is 16.5. The maximum atomic E-state index is 15.0. The first-order chi connectivity index (χ1) is 21.5. The lowest BCUT2D eigenvalue weighted by Crippen LogP contribution is -2.55. The van der Waals surface area contributed by atoms with Crippen molar-refractivity contribution in [3.05, 3.63) is 99.9 Å². The van der Waals surface area contributed by atoms with E-state index in [1.165, 1.54) is 36.3 Å². The molecule has 1 fully saturated rings. The number of anilines is 1. The Morgan fingerprint density at radius 1 is 1.04 bits per heavy atom. The van der Waals surface area contributed by atoms with E-state index in [0.29, 0.717) is 4.31 Å². The molecule has 45 heavy (non-hydrogen) atoms. The van der Waals surface area contributed by atoms with Crippen molar-refractivity contribution in [3.8, 4) is 5.75 Å². The van der Waals surface area contributed by atoms with Crippen molar-refractivity contribution in [1.82, 2.24) is 10.2 Å². The number of hydrogen-bond donors (Lipinski definition) is 1. The summed E-state index contributed by atoms with van der Waals surface area (Å²) in [4.78, 5) is 40.3. The largest absolute Gasteiger partial charge is 0.495 e. The van der Waals surface area contributed by atoms with Crippen molar-refractivity contribution in [3.63, 3.8) is 0 Å². The molecule has 0 radical (unpaired) electrons. The van der Waals surface area contributed by atoms with Gasteiger partial charge in [0.25, 0.3) is 5.69 Å². The van der Waals surface area contributed by atoms with E-state index in [4.69, 9.17) is 4.74 Å². The van der Waals surface area contributed by atoms with Gasteiger partial charge in [0, 0.05) is 36.7 Å². The number of carbonyl (C=O) groups is 2. The summed E-state index contributed by atoms with van der Waals surface area (Å²) in [5.74, 6) is -1.86. The third-order valence-corrected chi connectivity index (χ3v) is 8.97. The van der Waals surface area contributed by atoms with Crippen molar-refractivity contribution >= 4 is 33.2 Å². The molecule has 240 valence electrons. The number of carbonyl (C=O) groups excluding carboxylic acids is 2. The number of nitrogens with zero attached hydrogens (tertiary/aromatic N) is 3. The lowest BCUT2D eigenvalue weighted by Gasteiger charge is -2.35. The van der Waals surface area contributed by atoms with Crippen LogP contribution >= 0.6 is 0 Å². The van der Waals surface area contributed by atoms with Gasteiger partial charge in [0.2, 0.25) is 21.8 Å². The fourth-order valence-corrected chi connectivity index (χ4v) is 6.33.